The monoisotopic (exact) mass is 258 g/mol. The summed E-state index contributed by atoms with van der Waals surface area (Å²) < 4.78 is 11.3. The molecule has 19 heavy (non-hydrogen) atoms. The number of aromatic nitrogens is 2. The molecule has 0 aromatic carbocycles. The van der Waals surface area contributed by atoms with Crippen LogP contribution < -0.4 is 4.74 Å². The van der Waals surface area contributed by atoms with E-state index in [-0.39, 0.29) is 0 Å². The van der Waals surface area contributed by atoms with Crippen molar-refractivity contribution >= 4 is 10.9 Å². The zero-order valence-electron chi connectivity index (χ0n) is 11.1. The lowest BCUT2D eigenvalue weighted by molar-refractivity contribution is 0.167. The van der Waals surface area contributed by atoms with Gasteiger partial charge < -0.3 is 9.47 Å². The SMILES string of the molecule is CCc1nccc2c(OCC3CCOC3)ccnc12. The Labute approximate surface area is 112 Å². The van der Waals surface area contributed by atoms with Gasteiger partial charge in [-0.2, -0.15) is 0 Å². The summed E-state index contributed by atoms with van der Waals surface area (Å²) in [7, 11) is 0. The number of aryl methyl sites for hydroxylation is 1. The van der Waals surface area contributed by atoms with Gasteiger partial charge in [0, 0.05) is 30.3 Å². The fraction of sp³-hybridized carbons (Fsp3) is 0.467. The van der Waals surface area contributed by atoms with E-state index in [0.717, 1.165) is 48.4 Å². The Morgan fingerprint density at radius 1 is 1.32 bits per heavy atom. The summed E-state index contributed by atoms with van der Waals surface area (Å²) in [5.41, 5.74) is 1.97. The zero-order chi connectivity index (χ0) is 13.1. The van der Waals surface area contributed by atoms with Crippen molar-refractivity contribution in [3.8, 4) is 5.75 Å². The first kappa shape index (κ1) is 12.4. The predicted octanol–water partition coefficient (Wildman–Crippen LogP) is 2.61. The largest absolute Gasteiger partial charge is 0.492 e. The molecule has 3 rings (SSSR count). The first-order valence-electron chi connectivity index (χ1n) is 6.81. The van der Waals surface area contributed by atoms with Crippen LogP contribution in [0.15, 0.2) is 24.5 Å². The van der Waals surface area contributed by atoms with Crippen LogP contribution in [0.1, 0.15) is 19.0 Å². The van der Waals surface area contributed by atoms with Crippen molar-refractivity contribution in [2.75, 3.05) is 19.8 Å². The van der Waals surface area contributed by atoms with Gasteiger partial charge in [0.05, 0.1) is 24.4 Å². The van der Waals surface area contributed by atoms with E-state index in [1.165, 1.54) is 0 Å². The fourth-order valence-electron chi connectivity index (χ4n) is 2.42. The second kappa shape index (κ2) is 5.53. The number of hydrogen-bond donors (Lipinski definition) is 0. The van der Waals surface area contributed by atoms with Crippen LogP contribution in [0.2, 0.25) is 0 Å². The van der Waals surface area contributed by atoms with Crippen LogP contribution in [0, 0.1) is 5.92 Å². The summed E-state index contributed by atoms with van der Waals surface area (Å²) in [6.07, 6.45) is 5.59. The van der Waals surface area contributed by atoms with Crippen molar-refractivity contribution < 1.29 is 9.47 Å². The lowest BCUT2D eigenvalue weighted by Crippen LogP contribution is -2.12. The normalized spacial score (nSPS) is 18.9. The van der Waals surface area contributed by atoms with Gasteiger partial charge in [0.1, 0.15) is 5.75 Å². The van der Waals surface area contributed by atoms with Gasteiger partial charge in [-0.25, -0.2) is 0 Å². The van der Waals surface area contributed by atoms with Gasteiger partial charge in [-0.3, -0.25) is 9.97 Å². The van der Waals surface area contributed by atoms with E-state index in [1.807, 2.05) is 18.3 Å². The van der Waals surface area contributed by atoms with Gasteiger partial charge in [0.2, 0.25) is 0 Å². The average molecular weight is 258 g/mol. The first-order chi connectivity index (χ1) is 9.38. The van der Waals surface area contributed by atoms with Crippen LogP contribution in [0.3, 0.4) is 0 Å². The molecule has 0 N–H and O–H groups in total. The maximum Gasteiger partial charge on any atom is 0.130 e. The number of pyridine rings is 2. The topological polar surface area (TPSA) is 44.2 Å². The third-order valence-corrected chi connectivity index (χ3v) is 3.53. The van der Waals surface area contributed by atoms with Crippen molar-refractivity contribution in [2.24, 2.45) is 5.92 Å². The minimum absolute atomic E-state index is 0.510. The van der Waals surface area contributed by atoms with E-state index < -0.39 is 0 Å². The lowest BCUT2D eigenvalue weighted by atomic mass is 10.1. The Bertz CT molecular complexity index is 565. The molecule has 100 valence electrons. The third-order valence-electron chi connectivity index (χ3n) is 3.53. The second-order valence-corrected chi connectivity index (χ2v) is 4.86. The third kappa shape index (κ3) is 2.54. The molecule has 2 aromatic rings. The number of nitrogens with zero attached hydrogens (tertiary/aromatic N) is 2. The summed E-state index contributed by atoms with van der Waals surface area (Å²) in [6.45, 7) is 4.47. The van der Waals surface area contributed by atoms with Crippen LogP contribution in [-0.2, 0) is 11.2 Å². The lowest BCUT2D eigenvalue weighted by Gasteiger charge is -2.12. The Balaban J connectivity index is 1.86. The Morgan fingerprint density at radius 2 is 2.21 bits per heavy atom. The highest BCUT2D eigenvalue weighted by molar-refractivity contribution is 5.86. The number of fused-ring (bicyclic) bond motifs is 1. The van der Waals surface area contributed by atoms with Crippen molar-refractivity contribution in [1.82, 2.24) is 9.97 Å². The molecule has 0 aliphatic carbocycles. The van der Waals surface area contributed by atoms with Crippen LogP contribution in [0.5, 0.6) is 5.75 Å². The van der Waals surface area contributed by atoms with Crippen molar-refractivity contribution in [2.45, 2.75) is 19.8 Å². The summed E-state index contributed by atoms with van der Waals surface area (Å²) in [5.74, 6) is 1.41. The van der Waals surface area contributed by atoms with Gasteiger partial charge in [0.25, 0.3) is 0 Å². The van der Waals surface area contributed by atoms with Crippen LogP contribution in [-0.4, -0.2) is 29.8 Å². The molecule has 0 spiro atoms. The van der Waals surface area contributed by atoms with Gasteiger partial charge >= 0.3 is 0 Å². The van der Waals surface area contributed by atoms with Crippen molar-refractivity contribution in [1.29, 1.82) is 0 Å². The number of ether oxygens (including phenoxy) is 2. The van der Waals surface area contributed by atoms with Gasteiger partial charge in [-0.1, -0.05) is 6.92 Å². The van der Waals surface area contributed by atoms with Gasteiger partial charge in [-0.05, 0) is 25.0 Å². The molecule has 0 saturated carbocycles. The summed E-state index contributed by atoms with van der Waals surface area (Å²) in [4.78, 5) is 8.79. The molecule has 0 radical (unpaired) electrons. The molecule has 3 heterocycles. The molecule has 0 amide bonds. The molecule has 1 aliphatic rings. The van der Waals surface area contributed by atoms with Gasteiger partial charge in [-0.15, -0.1) is 0 Å². The van der Waals surface area contributed by atoms with E-state index in [9.17, 15) is 0 Å². The molecular formula is C15H18N2O2. The molecule has 1 unspecified atom stereocenters. The summed E-state index contributed by atoms with van der Waals surface area (Å²) in [6, 6.07) is 3.90. The van der Waals surface area contributed by atoms with E-state index in [0.29, 0.717) is 12.5 Å². The molecule has 0 bridgehead atoms. The summed E-state index contributed by atoms with van der Waals surface area (Å²) in [5, 5.41) is 1.05. The standard InChI is InChI=1S/C15H18N2O2/c1-2-13-15-12(3-6-16-13)14(4-7-17-15)19-10-11-5-8-18-9-11/h3-4,6-7,11H,2,5,8-10H2,1H3. The van der Waals surface area contributed by atoms with Crippen LogP contribution in [0.4, 0.5) is 0 Å². The molecule has 1 atom stereocenters. The number of rotatable bonds is 4. The van der Waals surface area contributed by atoms with Crippen LogP contribution in [0.25, 0.3) is 10.9 Å². The molecule has 1 aliphatic heterocycles. The Morgan fingerprint density at radius 3 is 3.00 bits per heavy atom. The quantitative estimate of drug-likeness (QED) is 0.845. The highest BCUT2D eigenvalue weighted by atomic mass is 16.5. The van der Waals surface area contributed by atoms with E-state index in [2.05, 4.69) is 16.9 Å². The Kier molecular flexibility index (Phi) is 3.60. The van der Waals surface area contributed by atoms with E-state index in [1.54, 1.807) is 6.20 Å². The smallest absolute Gasteiger partial charge is 0.130 e. The predicted molar refractivity (Wildman–Crippen MR) is 73.3 cm³/mol. The molecule has 4 heteroatoms. The summed E-state index contributed by atoms with van der Waals surface area (Å²) >= 11 is 0. The Hall–Kier alpha value is -1.68. The molecule has 1 fully saturated rings. The first-order valence-corrected chi connectivity index (χ1v) is 6.81. The van der Waals surface area contributed by atoms with E-state index in [4.69, 9.17) is 9.47 Å². The maximum atomic E-state index is 5.95. The average Bonchev–Trinajstić information content (AvgIpc) is 2.97. The van der Waals surface area contributed by atoms with Crippen molar-refractivity contribution in [3.63, 3.8) is 0 Å². The highest BCUT2D eigenvalue weighted by Gasteiger charge is 2.17. The highest BCUT2D eigenvalue weighted by Crippen LogP contribution is 2.26. The van der Waals surface area contributed by atoms with Gasteiger partial charge in [0.15, 0.2) is 0 Å². The van der Waals surface area contributed by atoms with Crippen LogP contribution >= 0.6 is 0 Å². The van der Waals surface area contributed by atoms with E-state index >= 15 is 0 Å². The second-order valence-electron chi connectivity index (χ2n) is 4.86. The molecular weight excluding hydrogens is 240 g/mol. The molecule has 4 nitrogen and oxygen atoms in total. The fourth-order valence-corrected chi connectivity index (χ4v) is 2.42. The van der Waals surface area contributed by atoms with Crippen molar-refractivity contribution in [3.05, 3.63) is 30.2 Å². The minimum atomic E-state index is 0.510. The minimum Gasteiger partial charge on any atom is -0.492 e. The maximum absolute atomic E-state index is 5.95. The molecule has 1 saturated heterocycles. The molecule has 2 aromatic heterocycles. The number of hydrogen-bond acceptors (Lipinski definition) is 4. The zero-order valence-corrected chi connectivity index (χ0v) is 11.1.